The molecule has 0 aliphatic heterocycles. The summed E-state index contributed by atoms with van der Waals surface area (Å²) in [6, 6.07) is -1.28. The Labute approximate surface area is 150 Å². The van der Waals surface area contributed by atoms with Crippen LogP contribution in [0.2, 0.25) is 0 Å². The molecule has 1 amide bonds. The smallest absolute Gasteiger partial charge is 0.370 e. The van der Waals surface area contributed by atoms with Gasteiger partial charge in [0.25, 0.3) is 0 Å². The number of nitrogens with one attached hydrogen (secondary N) is 1. The molecule has 24 heavy (non-hydrogen) atoms. The third-order valence-corrected chi connectivity index (χ3v) is 3.56. The second-order valence-corrected chi connectivity index (χ2v) is 8.50. The fourth-order valence-electron chi connectivity index (χ4n) is 1.05. The summed E-state index contributed by atoms with van der Waals surface area (Å²) in [6.07, 6.45) is 0. The molecule has 138 valence electrons. The van der Waals surface area contributed by atoms with Crippen LogP contribution in [0.5, 0.6) is 0 Å². The van der Waals surface area contributed by atoms with Gasteiger partial charge in [-0.05, 0) is 46.4 Å². The number of carboxylic acids is 1. The first-order chi connectivity index (χ1) is 10.7. The first kappa shape index (κ1) is 22.6. The number of hydrogen-bond acceptors (Lipinski definition) is 8. The predicted octanol–water partition coefficient (Wildman–Crippen LogP) is 1.68. The van der Waals surface area contributed by atoms with E-state index in [2.05, 4.69) is 22.7 Å². The second kappa shape index (κ2) is 9.16. The normalized spacial score (nSPS) is 12.9. The lowest BCUT2D eigenvalue weighted by Gasteiger charge is -2.20. The molecule has 0 unspecified atom stereocenters. The average Bonchev–Trinajstić information content (AvgIpc) is 2.40. The van der Waals surface area contributed by atoms with Crippen LogP contribution in [-0.2, 0) is 23.9 Å². The van der Waals surface area contributed by atoms with Crippen molar-refractivity contribution in [3.8, 4) is 0 Å². The lowest BCUT2D eigenvalue weighted by Crippen LogP contribution is -2.48. The number of thioether (sulfide) groups is 1. The van der Waals surface area contributed by atoms with Crippen molar-refractivity contribution in [2.75, 3.05) is 12.5 Å². The molecule has 0 aromatic carbocycles. The van der Waals surface area contributed by atoms with Gasteiger partial charge in [-0.1, -0.05) is 0 Å². The number of carbonyl (C=O) groups excluding carboxylic acids is 3. The minimum Gasteiger partial charge on any atom is -0.480 e. The number of amides is 1. The zero-order valence-corrected chi connectivity index (χ0v) is 16.0. The summed E-state index contributed by atoms with van der Waals surface area (Å²) in [5, 5.41) is 10.5. The number of hydrogen-bond donors (Lipinski definition) is 3. The second-order valence-electron chi connectivity index (χ2n) is 6.43. The van der Waals surface area contributed by atoms with Crippen LogP contribution in [0.4, 0.5) is 4.79 Å². The van der Waals surface area contributed by atoms with Crippen molar-refractivity contribution in [2.45, 2.75) is 45.4 Å². The van der Waals surface area contributed by atoms with Gasteiger partial charge in [-0.15, -0.1) is 0 Å². The van der Waals surface area contributed by atoms with Crippen LogP contribution >= 0.6 is 24.4 Å². The molecule has 2 N–H and O–H groups in total. The molecule has 10 heteroatoms. The minimum atomic E-state index is -1.29. The lowest BCUT2D eigenvalue weighted by molar-refractivity contribution is -0.160. The van der Waals surface area contributed by atoms with E-state index in [1.165, 1.54) is 13.8 Å². The molecule has 0 aliphatic rings. The molecule has 8 nitrogen and oxygen atoms in total. The Hall–Kier alpha value is -1.42. The van der Waals surface area contributed by atoms with Gasteiger partial charge >= 0.3 is 17.2 Å². The molecular formula is C14H23NO7S2. The molecule has 0 aliphatic carbocycles. The highest BCUT2D eigenvalue weighted by atomic mass is 32.2. The molecule has 0 fully saturated rings. The van der Waals surface area contributed by atoms with E-state index in [1.54, 1.807) is 20.8 Å². The van der Waals surface area contributed by atoms with Crippen LogP contribution in [0.1, 0.15) is 34.6 Å². The number of rotatable bonds is 7. The standard InChI is InChI=1S/C14H23NO7S2/c1-13(2,3)11(19)21-7-22-12(20)24-6-8(9(16)17)15-10(18)14(4,5)23/h8,23H,6-7H2,1-5H3,(H,15,18)(H,16,17)/t8-/m0/s1. The SMILES string of the molecule is CC(C)(C)C(=O)OCOC(=O)SC[C@H](NC(=O)C(C)(C)S)C(=O)O. The molecule has 0 bridgehead atoms. The summed E-state index contributed by atoms with van der Waals surface area (Å²) < 4.78 is 8.36. The largest absolute Gasteiger partial charge is 0.480 e. The van der Waals surface area contributed by atoms with Crippen molar-refractivity contribution >= 4 is 47.5 Å². The average molecular weight is 381 g/mol. The summed E-state index contributed by atoms with van der Waals surface area (Å²) in [5.41, 5.74) is -0.724. The van der Waals surface area contributed by atoms with Gasteiger partial charge < -0.3 is 19.9 Å². The summed E-state index contributed by atoms with van der Waals surface area (Å²) in [4.78, 5) is 45.8. The van der Waals surface area contributed by atoms with Crippen LogP contribution in [0.3, 0.4) is 0 Å². The quantitative estimate of drug-likeness (QED) is 0.346. The molecule has 0 aromatic heterocycles. The van der Waals surface area contributed by atoms with Crippen molar-refractivity contribution in [3.05, 3.63) is 0 Å². The highest BCUT2D eigenvalue weighted by Gasteiger charge is 2.29. The predicted molar refractivity (Wildman–Crippen MR) is 92.0 cm³/mol. The zero-order valence-electron chi connectivity index (χ0n) is 14.2. The molecule has 0 aromatic rings. The van der Waals surface area contributed by atoms with Crippen LogP contribution < -0.4 is 5.32 Å². The fourth-order valence-corrected chi connectivity index (χ4v) is 1.77. The van der Waals surface area contributed by atoms with Gasteiger partial charge in [-0.2, -0.15) is 12.6 Å². The number of carboxylic acid groups (broad SMARTS) is 1. The van der Waals surface area contributed by atoms with Crippen molar-refractivity contribution in [1.29, 1.82) is 0 Å². The Kier molecular flexibility index (Phi) is 8.62. The van der Waals surface area contributed by atoms with Gasteiger partial charge in [-0.25, -0.2) is 9.59 Å². The van der Waals surface area contributed by atoms with Gasteiger partial charge in [-0.3, -0.25) is 9.59 Å². The molecule has 0 rings (SSSR count). The van der Waals surface area contributed by atoms with Gasteiger partial charge in [0.15, 0.2) is 0 Å². The molecular weight excluding hydrogens is 358 g/mol. The number of esters is 1. The first-order valence-electron chi connectivity index (χ1n) is 6.98. The Balaban J connectivity index is 4.32. The van der Waals surface area contributed by atoms with E-state index in [4.69, 9.17) is 9.84 Å². The van der Waals surface area contributed by atoms with Gasteiger partial charge in [0.05, 0.1) is 10.2 Å². The minimum absolute atomic E-state index is 0.239. The summed E-state index contributed by atoms with van der Waals surface area (Å²) >= 11 is 4.59. The highest BCUT2D eigenvalue weighted by molar-refractivity contribution is 8.13. The van der Waals surface area contributed by atoms with Crippen molar-refractivity contribution in [1.82, 2.24) is 5.32 Å². The van der Waals surface area contributed by atoms with Crippen LogP contribution in [0.25, 0.3) is 0 Å². The Bertz CT molecular complexity index is 494. The van der Waals surface area contributed by atoms with Crippen LogP contribution in [0.15, 0.2) is 0 Å². The molecule has 0 saturated carbocycles. The Morgan fingerprint density at radius 2 is 1.67 bits per heavy atom. The highest BCUT2D eigenvalue weighted by Crippen LogP contribution is 2.16. The van der Waals surface area contributed by atoms with E-state index in [9.17, 15) is 19.2 Å². The maximum Gasteiger partial charge on any atom is 0.370 e. The van der Waals surface area contributed by atoms with Crippen LogP contribution in [0, 0.1) is 5.41 Å². The third kappa shape index (κ3) is 9.02. The van der Waals surface area contributed by atoms with E-state index in [0.29, 0.717) is 11.8 Å². The van der Waals surface area contributed by atoms with E-state index in [0.717, 1.165) is 0 Å². The van der Waals surface area contributed by atoms with E-state index in [-0.39, 0.29) is 5.75 Å². The number of ether oxygens (including phenoxy) is 2. The van der Waals surface area contributed by atoms with E-state index in [1.807, 2.05) is 0 Å². The number of carbonyl (C=O) groups is 4. The fraction of sp³-hybridized carbons (Fsp3) is 0.714. The van der Waals surface area contributed by atoms with E-state index >= 15 is 0 Å². The molecule has 0 saturated heterocycles. The van der Waals surface area contributed by atoms with Gasteiger partial charge in [0.2, 0.25) is 12.7 Å². The number of aliphatic carboxylic acids is 1. The van der Waals surface area contributed by atoms with Crippen molar-refractivity contribution < 1.29 is 33.8 Å². The zero-order chi connectivity index (χ0) is 19.1. The Morgan fingerprint density at radius 3 is 2.08 bits per heavy atom. The molecule has 0 radical (unpaired) electrons. The third-order valence-electron chi connectivity index (χ3n) is 2.51. The summed E-state index contributed by atoms with van der Waals surface area (Å²) in [5.74, 6) is -2.64. The Morgan fingerprint density at radius 1 is 1.12 bits per heavy atom. The maximum atomic E-state index is 11.7. The van der Waals surface area contributed by atoms with E-state index < -0.39 is 46.1 Å². The van der Waals surface area contributed by atoms with Gasteiger partial charge in [0, 0.05) is 5.75 Å². The summed E-state index contributed by atoms with van der Waals surface area (Å²) in [7, 11) is 0. The summed E-state index contributed by atoms with van der Waals surface area (Å²) in [6.45, 7) is 7.40. The monoisotopic (exact) mass is 381 g/mol. The van der Waals surface area contributed by atoms with Crippen molar-refractivity contribution in [3.63, 3.8) is 0 Å². The number of thiol groups is 1. The lowest BCUT2D eigenvalue weighted by atomic mass is 9.98. The maximum absolute atomic E-state index is 11.7. The molecule has 1 atom stereocenters. The van der Waals surface area contributed by atoms with Gasteiger partial charge in [0.1, 0.15) is 6.04 Å². The molecule has 0 heterocycles. The van der Waals surface area contributed by atoms with Crippen molar-refractivity contribution in [2.24, 2.45) is 5.41 Å². The van der Waals surface area contributed by atoms with Crippen LogP contribution in [-0.4, -0.2) is 51.6 Å². The molecule has 0 spiro atoms. The topological polar surface area (TPSA) is 119 Å². The first-order valence-corrected chi connectivity index (χ1v) is 8.41.